The Hall–Kier alpha value is -0.560. The minimum atomic E-state index is -0.0226. The molecule has 1 atom stereocenters. The van der Waals surface area contributed by atoms with Gasteiger partial charge in [-0.05, 0) is 53.6 Å². The van der Waals surface area contributed by atoms with E-state index in [1.807, 2.05) is 12.3 Å². The summed E-state index contributed by atoms with van der Waals surface area (Å²) >= 11 is 2.20. The zero-order chi connectivity index (χ0) is 11.4. The molecule has 0 saturated carbocycles. The number of likely N-dealkylation sites (tertiary alicyclic amines) is 1. The Balaban J connectivity index is 1.93. The van der Waals surface area contributed by atoms with Gasteiger partial charge < -0.3 is 0 Å². The summed E-state index contributed by atoms with van der Waals surface area (Å²) in [5.41, 5.74) is 1.20. The SMILES string of the molecule is O=NC1CCCN(Cc2ccc(I)nc2)C1. The van der Waals surface area contributed by atoms with Crippen molar-refractivity contribution >= 4 is 22.6 Å². The molecule has 5 heteroatoms. The van der Waals surface area contributed by atoms with Gasteiger partial charge in [-0.1, -0.05) is 11.2 Å². The molecular weight excluding hydrogens is 317 g/mol. The Bertz CT molecular complexity index is 355. The zero-order valence-electron chi connectivity index (χ0n) is 8.97. The molecule has 1 aliphatic heterocycles. The quantitative estimate of drug-likeness (QED) is 0.485. The number of hydrogen-bond donors (Lipinski definition) is 0. The van der Waals surface area contributed by atoms with Crippen molar-refractivity contribution in [3.8, 4) is 0 Å². The van der Waals surface area contributed by atoms with Crippen LogP contribution >= 0.6 is 22.6 Å². The van der Waals surface area contributed by atoms with Crippen LogP contribution in [-0.4, -0.2) is 29.0 Å². The van der Waals surface area contributed by atoms with Crippen LogP contribution in [0.1, 0.15) is 18.4 Å². The van der Waals surface area contributed by atoms with E-state index >= 15 is 0 Å². The lowest BCUT2D eigenvalue weighted by atomic mass is 10.1. The molecule has 2 heterocycles. The number of rotatable bonds is 3. The second-order valence-electron chi connectivity index (χ2n) is 4.13. The molecule has 0 amide bonds. The summed E-state index contributed by atoms with van der Waals surface area (Å²) in [5, 5.41) is 3.14. The lowest BCUT2D eigenvalue weighted by Crippen LogP contribution is -2.36. The monoisotopic (exact) mass is 331 g/mol. The third kappa shape index (κ3) is 3.21. The predicted molar refractivity (Wildman–Crippen MR) is 71.0 cm³/mol. The molecule has 1 aromatic heterocycles. The van der Waals surface area contributed by atoms with Crippen LogP contribution in [0.25, 0.3) is 0 Å². The predicted octanol–water partition coefficient (Wildman–Crippen LogP) is 2.42. The highest BCUT2D eigenvalue weighted by Crippen LogP contribution is 2.15. The molecule has 1 aromatic rings. The van der Waals surface area contributed by atoms with Gasteiger partial charge in [0.25, 0.3) is 0 Å². The number of halogens is 1. The van der Waals surface area contributed by atoms with Gasteiger partial charge in [0.15, 0.2) is 0 Å². The first-order chi connectivity index (χ1) is 7.78. The van der Waals surface area contributed by atoms with Crippen molar-refractivity contribution in [2.24, 2.45) is 5.18 Å². The van der Waals surface area contributed by atoms with Crippen LogP contribution in [0.15, 0.2) is 23.5 Å². The molecule has 1 fully saturated rings. The van der Waals surface area contributed by atoms with Crippen molar-refractivity contribution in [1.29, 1.82) is 0 Å². The summed E-state index contributed by atoms with van der Waals surface area (Å²) < 4.78 is 1.01. The standard InChI is InChI=1S/C11H14IN3O/c12-11-4-3-9(6-13-11)7-15-5-1-2-10(8-15)14-16/h3-4,6,10H,1-2,5,7-8H2. The van der Waals surface area contributed by atoms with Crippen molar-refractivity contribution in [2.45, 2.75) is 25.4 Å². The van der Waals surface area contributed by atoms with Gasteiger partial charge in [0.1, 0.15) is 9.74 Å². The topological polar surface area (TPSA) is 45.6 Å². The van der Waals surface area contributed by atoms with Gasteiger partial charge in [0.05, 0.1) is 0 Å². The normalized spacial score (nSPS) is 21.9. The summed E-state index contributed by atoms with van der Waals surface area (Å²) in [6.07, 6.45) is 3.90. The molecule has 0 spiro atoms. The first-order valence-electron chi connectivity index (χ1n) is 5.43. The Morgan fingerprint density at radius 1 is 1.56 bits per heavy atom. The highest BCUT2D eigenvalue weighted by atomic mass is 127. The summed E-state index contributed by atoms with van der Waals surface area (Å²) in [5.74, 6) is 0. The fourth-order valence-electron chi connectivity index (χ4n) is 2.02. The molecule has 0 bridgehead atoms. The molecule has 0 aliphatic carbocycles. The minimum absolute atomic E-state index is 0.0226. The van der Waals surface area contributed by atoms with Crippen molar-refractivity contribution < 1.29 is 0 Å². The van der Waals surface area contributed by atoms with E-state index in [9.17, 15) is 4.91 Å². The van der Waals surface area contributed by atoms with Crippen LogP contribution in [-0.2, 0) is 6.54 Å². The number of nitrogens with zero attached hydrogens (tertiary/aromatic N) is 3. The molecule has 1 unspecified atom stereocenters. The van der Waals surface area contributed by atoms with Gasteiger partial charge in [-0.2, -0.15) is 4.91 Å². The van der Waals surface area contributed by atoms with Crippen molar-refractivity contribution in [1.82, 2.24) is 9.88 Å². The first-order valence-corrected chi connectivity index (χ1v) is 6.51. The third-order valence-electron chi connectivity index (χ3n) is 2.82. The molecule has 86 valence electrons. The fourth-order valence-corrected chi connectivity index (χ4v) is 2.34. The second kappa shape index (κ2) is 5.67. The molecule has 0 aromatic carbocycles. The van der Waals surface area contributed by atoms with Gasteiger partial charge in [0, 0.05) is 19.3 Å². The van der Waals surface area contributed by atoms with E-state index in [2.05, 4.69) is 43.7 Å². The highest BCUT2D eigenvalue weighted by molar-refractivity contribution is 14.1. The van der Waals surface area contributed by atoms with E-state index in [1.165, 1.54) is 5.56 Å². The highest BCUT2D eigenvalue weighted by Gasteiger charge is 2.20. The lowest BCUT2D eigenvalue weighted by molar-refractivity contribution is 0.201. The maximum absolute atomic E-state index is 10.5. The second-order valence-corrected chi connectivity index (χ2v) is 5.23. The van der Waals surface area contributed by atoms with E-state index in [0.29, 0.717) is 0 Å². The minimum Gasteiger partial charge on any atom is -0.297 e. The van der Waals surface area contributed by atoms with Gasteiger partial charge in [-0.15, -0.1) is 0 Å². The molecule has 4 nitrogen and oxygen atoms in total. The Morgan fingerprint density at radius 2 is 2.44 bits per heavy atom. The Labute approximate surface area is 109 Å². The average Bonchev–Trinajstić information content (AvgIpc) is 2.32. The first kappa shape index (κ1) is 11.9. The van der Waals surface area contributed by atoms with E-state index < -0.39 is 0 Å². The van der Waals surface area contributed by atoms with E-state index in [0.717, 1.165) is 36.2 Å². The Morgan fingerprint density at radius 3 is 3.12 bits per heavy atom. The number of piperidine rings is 1. The van der Waals surface area contributed by atoms with E-state index in [-0.39, 0.29) is 6.04 Å². The van der Waals surface area contributed by atoms with E-state index in [4.69, 9.17) is 0 Å². The largest absolute Gasteiger partial charge is 0.297 e. The van der Waals surface area contributed by atoms with Crippen molar-refractivity contribution in [2.75, 3.05) is 13.1 Å². The number of aromatic nitrogens is 1. The maximum Gasteiger partial charge on any atom is 0.105 e. The van der Waals surface area contributed by atoms with Crippen molar-refractivity contribution in [3.63, 3.8) is 0 Å². The summed E-state index contributed by atoms with van der Waals surface area (Å²) in [7, 11) is 0. The lowest BCUT2D eigenvalue weighted by Gasteiger charge is -2.29. The molecule has 0 radical (unpaired) electrons. The van der Waals surface area contributed by atoms with Crippen LogP contribution in [0, 0.1) is 8.61 Å². The molecule has 1 saturated heterocycles. The van der Waals surface area contributed by atoms with Gasteiger partial charge in [-0.25, -0.2) is 0 Å². The van der Waals surface area contributed by atoms with Crippen LogP contribution < -0.4 is 0 Å². The van der Waals surface area contributed by atoms with Crippen LogP contribution in [0.5, 0.6) is 0 Å². The average molecular weight is 331 g/mol. The number of nitroso groups, excluding NO2 is 1. The molecule has 1 aliphatic rings. The van der Waals surface area contributed by atoms with Crippen molar-refractivity contribution in [3.05, 3.63) is 32.5 Å². The number of hydrogen-bond acceptors (Lipinski definition) is 4. The molecule has 2 rings (SSSR count). The van der Waals surface area contributed by atoms with Crippen LogP contribution in [0.4, 0.5) is 0 Å². The van der Waals surface area contributed by atoms with Gasteiger partial charge >= 0.3 is 0 Å². The van der Waals surface area contributed by atoms with E-state index in [1.54, 1.807) is 0 Å². The smallest absolute Gasteiger partial charge is 0.105 e. The van der Waals surface area contributed by atoms with Crippen LogP contribution in [0.2, 0.25) is 0 Å². The fraction of sp³-hybridized carbons (Fsp3) is 0.545. The van der Waals surface area contributed by atoms with Gasteiger partial charge in [-0.3, -0.25) is 9.88 Å². The summed E-state index contributed by atoms with van der Waals surface area (Å²) in [4.78, 5) is 17.0. The zero-order valence-corrected chi connectivity index (χ0v) is 11.1. The molecule has 16 heavy (non-hydrogen) atoms. The Kier molecular flexibility index (Phi) is 4.22. The summed E-state index contributed by atoms with van der Waals surface area (Å²) in [6, 6.07) is 4.08. The van der Waals surface area contributed by atoms with Gasteiger partial charge in [0.2, 0.25) is 0 Å². The number of pyridine rings is 1. The molecular formula is C11H14IN3O. The third-order valence-corrected chi connectivity index (χ3v) is 3.46. The molecule has 0 N–H and O–H groups in total. The summed E-state index contributed by atoms with van der Waals surface area (Å²) in [6.45, 7) is 2.71. The maximum atomic E-state index is 10.5. The van der Waals surface area contributed by atoms with Crippen LogP contribution in [0.3, 0.4) is 0 Å².